The first-order valence-corrected chi connectivity index (χ1v) is 15.6. The van der Waals surface area contributed by atoms with E-state index in [2.05, 4.69) is 10.6 Å². The number of rotatable bonds is 11. The Bertz CT molecular complexity index is 1540. The van der Waals surface area contributed by atoms with Crippen molar-refractivity contribution in [2.45, 2.75) is 49.9 Å². The lowest BCUT2D eigenvalue weighted by atomic mass is 9.98. The van der Waals surface area contributed by atoms with E-state index in [-0.39, 0.29) is 30.4 Å². The summed E-state index contributed by atoms with van der Waals surface area (Å²) in [5.41, 5.74) is 6.07. The fourth-order valence-corrected chi connectivity index (χ4v) is 6.00. The van der Waals surface area contributed by atoms with Crippen molar-refractivity contribution in [1.29, 1.82) is 0 Å². The second kappa shape index (κ2) is 15.0. The highest BCUT2D eigenvalue weighted by Gasteiger charge is 2.32. The molecular formula is C35H36N2O6S. The Kier molecular flexibility index (Phi) is 10.7. The van der Waals surface area contributed by atoms with Crippen LogP contribution in [0.25, 0.3) is 11.1 Å². The number of hydrogen-bond donors (Lipinski definition) is 4. The molecule has 3 unspecified atom stereocenters. The van der Waals surface area contributed by atoms with Crippen LogP contribution in [0.15, 0.2) is 102 Å². The zero-order valence-corrected chi connectivity index (χ0v) is 25.3. The molecule has 0 bridgehead atoms. The third-order valence-corrected chi connectivity index (χ3v) is 8.58. The fourth-order valence-electron chi connectivity index (χ4n) is 5.08. The molecule has 1 fully saturated rings. The number of hydrogen-bond acceptors (Lipinski definition) is 6. The Morgan fingerprint density at radius 1 is 0.864 bits per heavy atom. The van der Waals surface area contributed by atoms with Gasteiger partial charge in [0.25, 0.3) is 0 Å². The van der Waals surface area contributed by atoms with Crippen LogP contribution in [0.3, 0.4) is 0 Å². The molecule has 2 amide bonds. The summed E-state index contributed by atoms with van der Waals surface area (Å²) >= 11 is 1.62. The molecule has 1 aliphatic rings. The number of carboxylic acid groups (broad SMARTS) is 1. The van der Waals surface area contributed by atoms with Crippen molar-refractivity contribution >= 4 is 23.8 Å². The van der Waals surface area contributed by atoms with Gasteiger partial charge in [-0.05, 0) is 59.0 Å². The molecule has 0 spiro atoms. The monoisotopic (exact) mass is 612 g/mol. The van der Waals surface area contributed by atoms with Gasteiger partial charge in [-0.15, -0.1) is 11.8 Å². The molecule has 0 radical (unpaired) electrons. The number of aromatic carboxylic acids is 1. The van der Waals surface area contributed by atoms with E-state index in [0.717, 1.165) is 38.3 Å². The largest absolute Gasteiger partial charge is 0.478 e. The maximum absolute atomic E-state index is 12.0. The molecule has 1 heterocycles. The number of nitrogens with one attached hydrogen (secondary N) is 2. The van der Waals surface area contributed by atoms with Gasteiger partial charge in [0.1, 0.15) is 0 Å². The molecular weight excluding hydrogens is 576 g/mol. The lowest BCUT2D eigenvalue weighted by molar-refractivity contribution is -0.245. The SMILES string of the molecule is CCNC(=O)NCc1ccccc1-c1ccc(C2OC(CSc3ccc(C(=O)O)cc3)CC(c3ccc(CO)cc3)O2)cc1. The van der Waals surface area contributed by atoms with Crippen LogP contribution in [0.1, 0.15) is 58.4 Å². The molecule has 44 heavy (non-hydrogen) atoms. The van der Waals surface area contributed by atoms with Crippen LogP contribution in [-0.2, 0) is 22.6 Å². The number of thioether (sulfide) groups is 1. The van der Waals surface area contributed by atoms with Gasteiger partial charge in [0.2, 0.25) is 0 Å². The van der Waals surface area contributed by atoms with Gasteiger partial charge in [-0.25, -0.2) is 9.59 Å². The van der Waals surface area contributed by atoms with Gasteiger partial charge >= 0.3 is 12.0 Å². The fraction of sp³-hybridized carbons (Fsp3) is 0.257. The Labute approximate surface area is 261 Å². The topological polar surface area (TPSA) is 117 Å². The zero-order valence-electron chi connectivity index (χ0n) is 24.4. The summed E-state index contributed by atoms with van der Waals surface area (Å²) in [5, 5.41) is 24.4. The summed E-state index contributed by atoms with van der Waals surface area (Å²) < 4.78 is 13.0. The number of urea groups is 1. The lowest BCUT2D eigenvalue weighted by Crippen LogP contribution is -2.34. The first-order valence-electron chi connectivity index (χ1n) is 14.6. The van der Waals surface area contributed by atoms with E-state index in [4.69, 9.17) is 9.47 Å². The average Bonchev–Trinajstić information content (AvgIpc) is 3.07. The van der Waals surface area contributed by atoms with Crippen LogP contribution in [0, 0.1) is 0 Å². The van der Waals surface area contributed by atoms with E-state index in [0.29, 0.717) is 25.3 Å². The van der Waals surface area contributed by atoms with Gasteiger partial charge in [0.05, 0.1) is 24.4 Å². The predicted octanol–water partition coefficient (Wildman–Crippen LogP) is 6.70. The van der Waals surface area contributed by atoms with Crippen molar-refractivity contribution in [3.05, 3.63) is 125 Å². The van der Waals surface area contributed by atoms with Gasteiger partial charge in [-0.1, -0.05) is 72.8 Å². The minimum absolute atomic E-state index is 0.0189. The summed E-state index contributed by atoms with van der Waals surface area (Å²) in [6, 6.07) is 30.6. The molecule has 3 atom stereocenters. The van der Waals surface area contributed by atoms with E-state index < -0.39 is 12.3 Å². The van der Waals surface area contributed by atoms with Crippen molar-refractivity contribution in [3.8, 4) is 11.1 Å². The second-order valence-electron chi connectivity index (χ2n) is 10.5. The lowest BCUT2D eigenvalue weighted by Gasteiger charge is -2.36. The van der Waals surface area contributed by atoms with Crippen molar-refractivity contribution in [3.63, 3.8) is 0 Å². The highest BCUT2D eigenvalue weighted by molar-refractivity contribution is 7.99. The first kappa shape index (κ1) is 31.3. The Balaban J connectivity index is 1.33. The van der Waals surface area contributed by atoms with Crippen LogP contribution in [0.5, 0.6) is 0 Å². The van der Waals surface area contributed by atoms with Gasteiger partial charge in [0.15, 0.2) is 6.29 Å². The van der Waals surface area contributed by atoms with E-state index >= 15 is 0 Å². The number of aliphatic hydroxyl groups is 1. The number of carbonyl (C=O) groups is 2. The van der Waals surface area contributed by atoms with E-state index in [1.165, 1.54) is 0 Å². The molecule has 0 aliphatic carbocycles. The number of carboxylic acids is 1. The number of aliphatic hydroxyl groups excluding tert-OH is 1. The quantitative estimate of drug-likeness (QED) is 0.139. The number of carbonyl (C=O) groups excluding carboxylic acids is 1. The highest BCUT2D eigenvalue weighted by Crippen LogP contribution is 2.40. The maximum atomic E-state index is 12.0. The van der Waals surface area contributed by atoms with Gasteiger partial charge < -0.3 is 30.3 Å². The van der Waals surface area contributed by atoms with E-state index in [1.807, 2.05) is 91.9 Å². The molecule has 4 N–H and O–H groups in total. The minimum atomic E-state index is -0.947. The molecule has 8 nitrogen and oxygen atoms in total. The molecule has 5 rings (SSSR count). The first-order chi connectivity index (χ1) is 21.4. The van der Waals surface area contributed by atoms with Crippen LogP contribution >= 0.6 is 11.8 Å². The summed E-state index contributed by atoms with van der Waals surface area (Å²) in [4.78, 5) is 24.1. The maximum Gasteiger partial charge on any atom is 0.335 e. The molecule has 4 aromatic rings. The van der Waals surface area contributed by atoms with Gasteiger partial charge in [-0.2, -0.15) is 0 Å². The second-order valence-corrected chi connectivity index (χ2v) is 11.6. The summed E-state index contributed by atoms with van der Waals surface area (Å²) in [5.74, 6) is -0.278. The Morgan fingerprint density at radius 3 is 2.25 bits per heavy atom. The normalized spacial score (nSPS) is 18.0. The van der Waals surface area contributed by atoms with Gasteiger partial charge in [0, 0.05) is 35.7 Å². The molecule has 4 aromatic carbocycles. The van der Waals surface area contributed by atoms with Crippen molar-refractivity contribution in [1.82, 2.24) is 10.6 Å². The molecule has 228 valence electrons. The zero-order chi connectivity index (χ0) is 30.9. The smallest absolute Gasteiger partial charge is 0.335 e. The number of ether oxygens (including phenoxy) is 2. The summed E-state index contributed by atoms with van der Waals surface area (Å²) in [6.45, 7) is 2.84. The van der Waals surface area contributed by atoms with Gasteiger partial charge in [-0.3, -0.25) is 0 Å². The Morgan fingerprint density at radius 2 is 1.57 bits per heavy atom. The third-order valence-electron chi connectivity index (χ3n) is 7.44. The van der Waals surface area contributed by atoms with E-state index in [1.54, 1.807) is 23.9 Å². The highest BCUT2D eigenvalue weighted by atomic mass is 32.2. The average molecular weight is 613 g/mol. The van der Waals surface area contributed by atoms with Crippen LogP contribution < -0.4 is 10.6 Å². The summed E-state index contributed by atoms with van der Waals surface area (Å²) in [7, 11) is 0. The third kappa shape index (κ3) is 8.06. The standard InChI is InChI=1S/C35H36N2O6S/c1-2-36-35(41)37-20-28-5-3-4-6-31(28)24-11-13-27(14-12-24)34-42-29(22-44-30-17-15-26(16-18-30)33(39)40)19-32(43-34)25-9-7-23(21-38)8-10-25/h3-18,29,32,34,38H,2,19-22H2,1H3,(H,39,40)(H2,36,37,41). The Hall–Kier alpha value is -4.15. The molecule has 1 aliphatic heterocycles. The van der Waals surface area contributed by atoms with Crippen LogP contribution in [-0.4, -0.2) is 40.6 Å². The van der Waals surface area contributed by atoms with Crippen LogP contribution in [0.2, 0.25) is 0 Å². The number of amides is 2. The van der Waals surface area contributed by atoms with E-state index in [9.17, 15) is 19.8 Å². The molecule has 0 saturated carbocycles. The number of benzene rings is 4. The summed E-state index contributed by atoms with van der Waals surface area (Å²) in [6.07, 6.45) is -0.266. The minimum Gasteiger partial charge on any atom is -0.478 e. The van der Waals surface area contributed by atoms with Crippen LogP contribution in [0.4, 0.5) is 4.79 Å². The predicted molar refractivity (Wildman–Crippen MR) is 170 cm³/mol. The molecule has 9 heteroatoms. The molecule has 1 saturated heterocycles. The van der Waals surface area contributed by atoms with Crippen molar-refractivity contribution in [2.24, 2.45) is 0 Å². The molecule has 0 aromatic heterocycles. The van der Waals surface area contributed by atoms with Crippen molar-refractivity contribution in [2.75, 3.05) is 12.3 Å². The van der Waals surface area contributed by atoms with Crippen molar-refractivity contribution < 1.29 is 29.3 Å².